The fraction of sp³-hybridized carbons (Fsp3) is 0.133. The molecule has 4 aromatic carbocycles. The van der Waals surface area contributed by atoms with Crippen molar-refractivity contribution in [1.29, 1.82) is 0 Å². The van der Waals surface area contributed by atoms with Crippen molar-refractivity contribution >= 4 is 72.9 Å². The van der Waals surface area contributed by atoms with Gasteiger partial charge in [0.15, 0.2) is 0 Å². The zero-order chi connectivity index (χ0) is 51.6. The van der Waals surface area contributed by atoms with Gasteiger partial charge in [0.2, 0.25) is 43.2 Å². The van der Waals surface area contributed by atoms with E-state index in [2.05, 4.69) is 24.5 Å². The number of amides is 2. The van der Waals surface area contributed by atoms with Crippen molar-refractivity contribution < 1.29 is 204 Å². The molecule has 362 valence electrons. The van der Waals surface area contributed by atoms with Crippen LogP contribution >= 0.6 is 23.2 Å². The van der Waals surface area contributed by atoms with Crippen LogP contribution in [0.25, 0.3) is 31.9 Å². The minimum Gasteiger partial charge on any atom is -1.00 e. The number of nitrogens with zero attached hydrogens (tertiary/aromatic N) is 4. The number of phenolic OH excluding ortho intramolecular Hbond substituents is 1. The summed E-state index contributed by atoms with van der Waals surface area (Å²) in [7, 11) is -4.62. The number of halogens is 3. The van der Waals surface area contributed by atoms with Crippen LogP contribution in [-0.4, -0.2) is 76.9 Å². The predicted molar refractivity (Wildman–Crippen MR) is 252 cm³/mol. The molecule has 2 heterocycles. The molecule has 0 atom stereocenters. The molecule has 26 heteroatoms. The van der Waals surface area contributed by atoms with Crippen molar-refractivity contribution in [3.05, 3.63) is 158 Å². The molecule has 0 saturated carbocycles. The summed E-state index contributed by atoms with van der Waals surface area (Å²) in [5.74, 6) is -1.12. The van der Waals surface area contributed by atoms with E-state index in [1.54, 1.807) is 42.5 Å². The fourth-order valence-corrected chi connectivity index (χ4v) is 6.59. The van der Waals surface area contributed by atoms with Gasteiger partial charge in [0.25, 0.3) is 18.3 Å². The number of pyridine rings is 2. The zero-order valence-electron chi connectivity index (χ0n) is 39.9. The molecular formula is C45H39Cl2Cs2FN6O13S2. The molecule has 0 fully saturated rings. The molecule has 71 heavy (non-hydrogen) atoms. The maximum absolute atomic E-state index is 13.3. The standard InChI is InChI=1S/C22H18ClN3O5S.C15H12FN3O4S.C7H7ClO.CH2O3.2Cs.H/c1-13-5-7-16(11-18(13)23)31-22-19(24-2)9-15(12-25-22)17-8-6-14(10-20(17)30-3)21(27)26-32(4,28)29;1-17-12-6-10(8-18-14(12)16)11-5-4-9(7-13(11)23-2)15(20)19-24(3,21)22;1-5-2-3-6(9)4-7(5)8;2-1-4-3;;;/h5-12H,1,3-4H3,(H,26,27);4-8H,2-3H3,(H,19,20);2-4,9H,1H3;1,3H;;;/q;;;;2*+1;-1/p-1. The van der Waals surface area contributed by atoms with Gasteiger partial charge in [-0.2, -0.15) is 4.39 Å². The van der Waals surface area contributed by atoms with Crippen LogP contribution < -0.4 is 167 Å². The Bertz CT molecular complexity index is 3210. The molecule has 0 radical (unpaired) electrons. The van der Waals surface area contributed by atoms with Crippen LogP contribution in [0, 0.1) is 32.9 Å². The van der Waals surface area contributed by atoms with E-state index < -0.39 is 37.8 Å². The Kier molecular flexibility index (Phi) is 28.6. The van der Waals surface area contributed by atoms with Crippen molar-refractivity contribution in [1.82, 2.24) is 19.4 Å². The Morgan fingerprint density at radius 2 is 1.17 bits per heavy atom. The molecular weight excluding hydrogens is 1250 g/mol. The number of carbonyl (C=O) groups is 3. The largest absolute Gasteiger partial charge is 1.00 e. The number of aryl methyl sites for hydroxylation is 2. The minimum absolute atomic E-state index is 0. The topological polar surface area (TPSA) is 258 Å². The maximum Gasteiger partial charge on any atom is 1.00 e. The molecule has 0 aliphatic carbocycles. The number of methoxy groups -OCH3 is 2. The predicted octanol–water partition coefficient (Wildman–Crippen LogP) is 1.80. The molecule has 0 aliphatic rings. The molecule has 0 aliphatic heterocycles. The first-order valence-electron chi connectivity index (χ1n) is 18.9. The normalized spacial score (nSPS) is 10.0. The molecule has 2 amide bonds. The summed E-state index contributed by atoms with van der Waals surface area (Å²) in [6, 6.07) is 21.7. The second kappa shape index (κ2) is 31.1. The number of carbonyl (C=O) groups excluding carboxylic acids is 3. The van der Waals surface area contributed by atoms with E-state index in [9.17, 15) is 30.8 Å². The smallest absolute Gasteiger partial charge is 1.00 e. The zero-order valence-corrected chi connectivity index (χ0v) is 54.6. The third-order valence-corrected chi connectivity index (χ3v) is 10.5. The molecule has 6 rings (SSSR count). The van der Waals surface area contributed by atoms with Gasteiger partial charge in [0, 0.05) is 44.7 Å². The number of aromatic hydroxyl groups is 1. The summed E-state index contributed by atoms with van der Waals surface area (Å²) in [5, 5.41) is 18.4. The number of rotatable bonds is 11. The number of aromatic nitrogens is 2. The second-order valence-corrected chi connectivity index (χ2v) is 18.0. The van der Waals surface area contributed by atoms with Crippen molar-refractivity contribution in [2.45, 2.75) is 13.8 Å². The number of benzene rings is 4. The SMILES string of the molecule is Cc1ccc(O)cc1Cl.O=CO[O-].[C-]#[N+]c1cc(-c2ccc(C(=O)NS(C)(=O)=O)cc2OC)cnc1F.[C-]#[N+]c1cc(-c2ccc(C(=O)NS(C)(=O)=O)cc2OC)cnc1Oc1ccc(C)c(Cl)c1.[Cs+].[Cs+].[H-]. The number of nitrogens with one attached hydrogen (secondary N) is 2. The van der Waals surface area contributed by atoms with Crippen LogP contribution in [0.5, 0.6) is 28.9 Å². The third kappa shape index (κ3) is 21.3. The van der Waals surface area contributed by atoms with Crippen LogP contribution in [0.1, 0.15) is 33.3 Å². The summed E-state index contributed by atoms with van der Waals surface area (Å²) < 4.78 is 78.2. The van der Waals surface area contributed by atoms with Gasteiger partial charge in [0.05, 0.1) is 39.9 Å². The summed E-state index contributed by atoms with van der Waals surface area (Å²) in [6.45, 7) is 18.0. The molecule has 0 saturated heterocycles. The summed E-state index contributed by atoms with van der Waals surface area (Å²) >= 11 is 11.8. The van der Waals surface area contributed by atoms with Crippen molar-refractivity contribution in [3.8, 4) is 51.1 Å². The van der Waals surface area contributed by atoms with Crippen molar-refractivity contribution in [2.75, 3.05) is 26.7 Å². The van der Waals surface area contributed by atoms with E-state index in [0.717, 1.165) is 23.6 Å². The number of sulfonamides is 2. The van der Waals surface area contributed by atoms with Crippen LogP contribution in [0.4, 0.5) is 15.8 Å². The number of hydrogen-bond donors (Lipinski definition) is 3. The quantitative estimate of drug-likeness (QED) is 0.0550. The second-order valence-electron chi connectivity index (χ2n) is 13.7. The summed E-state index contributed by atoms with van der Waals surface area (Å²) in [6.07, 6.45) is 4.50. The van der Waals surface area contributed by atoms with Gasteiger partial charge in [-0.15, -0.1) is 0 Å². The first-order valence-corrected chi connectivity index (χ1v) is 23.4. The van der Waals surface area contributed by atoms with Gasteiger partial charge in [0.1, 0.15) is 23.0 Å². The van der Waals surface area contributed by atoms with Gasteiger partial charge in [-0.05, 0) is 109 Å². The average molecular weight is 1290 g/mol. The van der Waals surface area contributed by atoms with Gasteiger partial charge >= 0.3 is 138 Å². The third-order valence-electron chi connectivity index (χ3n) is 8.55. The fourth-order valence-electron chi connectivity index (χ4n) is 5.34. The Labute approximate surface area is 537 Å². The van der Waals surface area contributed by atoms with Crippen molar-refractivity contribution in [3.63, 3.8) is 0 Å². The van der Waals surface area contributed by atoms with Crippen LogP contribution in [0.2, 0.25) is 10.0 Å². The molecule has 0 bridgehead atoms. The first kappa shape index (κ1) is 65.3. The number of ether oxygens (including phenoxy) is 3. The van der Waals surface area contributed by atoms with E-state index >= 15 is 0 Å². The molecule has 6 aromatic rings. The van der Waals surface area contributed by atoms with E-state index in [4.69, 9.17) is 65.7 Å². The Hall–Kier alpha value is -3.76. The van der Waals surface area contributed by atoms with E-state index in [1.807, 2.05) is 23.3 Å². The Morgan fingerprint density at radius 1 is 0.732 bits per heavy atom. The Balaban J connectivity index is 0.00000111. The first-order chi connectivity index (χ1) is 32.5. The van der Waals surface area contributed by atoms with Gasteiger partial charge < -0.3 is 30.9 Å². The van der Waals surface area contributed by atoms with Gasteiger partial charge in [-0.25, -0.2) is 45.9 Å². The van der Waals surface area contributed by atoms with Gasteiger partial charge in [-0.1, -0.05) is 35.3 Å². The molecule has 0 spiro atoms. The molecule has 3 N–H and O–H groups in total. The molecule has 19 nitrogen and oxygen atoms in total. The van der Waals surface area contributed by atoms with Crippen LogP contribution in [-0.2, 0) is 29.7 Å². The number of phenols is 1. The monoisotopic (exact) mass is 1290 g/mol. The van der Waals surface area contributed by atoms with Crippen LogP contribution in [0.15, 0.2) is 97.3 Å². The van der Waals surface area contributed by atoms with E-state index in [1.165, 1.54) is 69.1 Å². The number of hydrogen-bond acceptors (Lipinski definition) is 15. The maximum atomic E-state index is 13.3. The van der Waals surface area contributed by atoms with E-state index in [0.29, 0.717) is 43.8 Å². The van der Waals surface area contributed by atoms with Crippen LogP contribution in [0.3, 0.4) is 0 Å². The minimum atomic E-state index is -3.70. The molecule has 2 aromatic heterocycles. The summed E-state index contributed by atoms with van der Waals surface area (Å²) in [4.78, 5) is 49.5. The van der Waals surface area contributed by atoms with E-state index in [-0.39, 0.29) is 186 Å². The Morgan fingerprint density at radius 3 is 1.56 bits per heavy atom. The van der Waals surface area contributed by atoms with Gasteiger partial charge in [-0.3, -0.25) is 14.4 Å². The summed E-state index contributed by atoms with van der Waals surface area (Å²) in [5.41, 5.74) is 3.99. The average Bonchev–Trinajstić information content (AvgIpc) is 3.30. The molecule has 0 unspecified atom stereocenters. The van der Waals surface area contributed by atoms with Crippen molar-refractivity contribution in [2.24, 2.45) is 0 Å².